The van der Waals surface area contributed by atoms with Gasteiger partial charge in [0.15, 0.2) is 0 Å². The lowest BCUT2D eigenvalue weighted by Gasteiger charge is -2.21. The number of thiol groups is 1. The molecule has 0 aliphatic rings. The lowest BCUT2D eigenvalue weighted by atomic mass is 10.0. The second-order valence-corrected chi connectivity index (χ2v) is 3.49. The van der Waals surface area contributed by atoms with Gasteiger partial charge in [-0.25, -0.2) is 0 Å². The van der Waals surface area contributed by atoms with Gasteiger partial charge in [-0.15, -0.1) is 0 Å². The highest BCUT2D eigenvalue weighted by Gasteiger charge is 2.13. The smallest absolute Gasteiger partial charge is 0.00717 e. The van der Waals surface area contributed by atoms with Gasteiger partial charge in [-0.05, 0) is 19.9 Å². The van der Waals surface area contributed by atoms with Crippen LogP contribution in [0.2, 0.25) is 0 Å². The molecular formula is C7H17NS. The summed E-state index contributed by atoms with van der Waals surface area (Å²) in [4.78, 5) is 0. The third kappa shape index (κ3) is 3.11. The molecule has 3 atom stereocenters. The minimum absolute atomic E-state index is 0.479. The van der Waals surface area contributed by atoms with Crippen LogP contribution in [-0.2, 0) is 0 Å². The van der Waals surface area contributed by atoms with Gasteiger partial charge >= 0.3 is 0 Å². The summed E-state index contributed by atoms with van der Waals surface area (Å²) in [5.74, 6) is 0.637. The summed E-state index contributed by atoms with van der Waals surface area (Å²) < 4.78 is 0. The average Bonchev–Trinajstić information content (AvgIpc) is 1.84. The van der Waals surface area contributed by atoms with E-state index in [0.29, 0.717) is 17.2 Å². The first-order chi connectivity index (χ1) is 4.09. The topological polar surface area (TPSA) is 12.0 Å². The molecule has 0 radical (unpaired) electrons. The molecule has 0 rings (SSSR count). The Morgan fingerprint density at radius 3 is 1.78 bits per heavy atom. The molecule has 1 N–H and O–H groups in total. The van der Waals surface area contributed by atoms with Crippen LogP contribution >= 0.6 is 12.6 Å². The molecule has 0 aromatic rings. The monoisotopic (exact) mass is 147 g/mol. The van der Waals surface area contributed by atoms with Crippen molar-refractivity contribution < 1.29 is 0 Å². The summed E-state index contributed by atoms with van der Waals surface area (Å²) in [5.41, 5.74) is 0. The predicted octanol–water partition coefficient (Wildman–Crippen LogP) is 1.55. The second kappa shape index (κ2) is 4.18. The summed E-state index contributed by atoms with van der Waals surface area (Å²) in [5, 5.41) is 3.68. The van der Waals surface area contributed by atoms with E-state index in [1.807, 2.05) is 7.05 Å². The number of rotatable bonds is 3. The first-order valence-electron chi connectivity index (χ1n) is 3.45. The van der Waals surface area contributed by atoms with Gasteiger partial charge in [-0.2, -0.15) is 12.6 Å². The number of nitrogens with one attached hydrogen (secondary N) is 1. The van der Waals surface area contributed by atoms with Crippen LogP contribution in [0.15, 0.2) is 0 Å². The molecule has 0 fully saturated rings. The van der Waals surface area contributed by atoms with Crippen molar-refractivity contribution in [3.05, 3.63) is 0 Å². The summed E-state index contributed by atoms with van der Waals surface area (Å²) in [6.45, 7) is 6.51. The van der Waals surface area contributed by atoms with Gasteiger partial charge in [0.05, 0.1) is 0 Å². The van der Waals surface area contributed by atoms with Gasteiger partial charge in [0.2, 0.25) is 0 Å². The summed E-state index contributed by atoms with van der Waals surface area (Å²) in [6.07, 6.45) is 0. The molecule has 3 unspecified atom stereocenters. The molecule has 0 bridgehead atoms. The molecular weight excluding hydrogens is 130 g/mol. The van der Waals surface area contributed by atoms with Gasteiger partial charge in [0.1, 0.15) is 0 Å². The molecule has 0 aromatic carbocycles. The van der Waals surface area contributed by atoms with Crippen molar-refractivity contribution in [1.82, 2.24) is 5.32 Å². The third-order valence-electron chi connectivity index (χ3n) is 2.00. The van der Waals surface area contributed by atoms with Crippen molar-refractivity contribution in [2.45, 2.75) is 32.1 Å². The lowest BCUT2D eigenvalue weighted by molar-refractivity contribution is 0.425. The van der Waals surface area contributed by atoms with Crippen LogP contribution in [0.25, 0.3) is 0 Å². The Kier molecular flexibility index (Phi) is 4.32. The largest absolute Gasteiger partial charge is 0.317 e. The van der Waals surface area contributed by atoms with E-state index < -0.39 is 0 Å². The van der Waals surface area contributed by atoms with Crippen LogP contribution in [0.4, 0.5) is 0 Å². The molecule has 0 aliphatic carbocycles. The zero-order valence-corrected chi connectivity index (χ0v) is 7.57. The quantitative estimate of drug-likeness (QED) is 0.577. The van der Waals surface area contributed by atoms with Crippen LogP contribution in [0.3, 0.4) is 0 Å². The van der Waals surface area contributed by atoms with Crippen molar-refractivity contribution in [2.24, 2.45) is 5.92 Å². The van der Waals surface area contributed by atoms with Gasteiger partial charge in [-0.1, -0.05) is 13.8 Å². The maximum atomic E-state index is 4.35. The lowest BCUT2D eigenvalue weighted by Crippen LogP contribution is -2.32. The van der Waals surface area contributed by atoms with E-state index in [1.54, 1.807) is 0 Å². The fraction of sp³-hybridized carbons (Fsp3) is 1.00. The van der Waals surface area contributed by atoms with E-state index in [2.05, 4.69) is 38.7 Å². The highest BCUT2D eigenvalue weighted by Crippen LogP contribution is 2.12. The Hall–Kier alpha value is 0.310. The van der Waals surface area contributed by atoms with Crippen LogP contribution in [0, 0.1) is 5.92 Å². The summed E-state index contributed by atoms with van der Waals surface area (Å²) >= 11 is 4.35. The van der Waals surface area contributed by atoms with Crippen LogP contribution in [0.1, 0.15) is 20.8 Å². The molecule has 0 spiro atoms. The summed E-state index contributed by atoms with van der Waals surface area (Å²) in [7, 11) is 1.98. The molecule has 0 amide bonds. The van der Waals surface area contributed by atoms with E-state index >= 15 is 0 Å². The third-order valence-corrected chi connectivity index (χ3v) is 2.48. The molecule has 0 saturated carbocycles. The minimum Gasteiger partial charge on any atom is -0.317 e. The van der Waals surface area contributed by atoms with Crippen LogP contribution in [0.5, 0.6) is 0 Å². The van der Waals surface area contributed by atoms with E-state index in [-0.39, 0.29) is 0 Å². The summed E-state index contributed by atoms with van der Waals surface area (Å²) in [6, 6.07) is 0.567. The first kappa shape index (κ1) is 9.31. The molecule has 2 heteroatoms. The van der Waals surface area contributed by atoms with Crippen LogP contribution in [-0.4, -0.2) is 18.3 Å². The van der Waals surface area contributed by atoms with E-state index in [1.165, 1.54) is 0 Å². The van der Waals surface area contributed by atoms with Crippen LogP contribution < -0.4 is 5.32 Å². The Morgan fingerprint density at radius 2 is 1.67 bits per heavy atom. The maximum Gasteiger partial charge on any atom is 0.00717 e. The van der Waals surface area contributed by atoms with Gasteiger partial charge in [0, 0.05) is 11.3 Å². The SMILES string of the molecule is CNC(C)C(C)C(C)S. The highest BCUT2D eigenvalue weighted by atomic mass is 32.1. The zero-order chi connectivity index (χ0) is 7.44. The van der Waals surface area contributed by atoms with E-state index in [9.17, 15) is 0 Å². The standard InChI is InChI=1S/C7H17NS/c1-5(7(3)9)6(2)8-4/h5-9H,1-4H3. The average molecular weight is 147 g/mol. The molecule has 0 aliphatic heterocycles. The first-order valence-corrected chi connectivity index (χ1v) is 3.96. The van der Waals surface area contributed by atoms with Crippen molar-refractivity contribution in [1.29, 1.82) is 0 Å². The maximum absolute atomic E-state index is 4.35. The van der Waals surface area contributed by atoms with E-state index in [0.717, 1.165) is 0 Å². The highest BCUT2D eigenvalue weighted by molar-refractivity contribution is 7.80. The predicted molar refractivity (Wildman–Crippen MR) is 46.1 cm³/mol. The van der Waals surface area contributed by atoms with E-state index in [4.69, 9.17) is 0 Å². The van der Waals surface area contributed by atoms with Crippen molar-refractivity contribution in [3.8, 4) is 0 Å². The molecule has 0 heterocycles. The molecule has 0 aromatic heterocycles. The Labute approximate surface area is 63.6 Å². The van der Waals surface area contributed by atoms with Crippen molar-refractivity contribution in [2.75, 3.05) is 7.05 Å². The number of hydrogen-bond donors (Lipinski definition) is 2. The van der Waals surface area contributed by atoms with Gasteiger partial charge in [0.25, 0.3) is 0 Å². The van der Waals surface area contributed by atoms with Gasteiger partial charge in [-0.3, -0.25) is 0 Å². The molecule has 0 saturated heterocycles. The molecule has 1 nitrogen and oxygen atoms in total. The van der Waals surface area contributed by atoms with Crippen molar-refractivity contribution >= 4 is 12.6 Å². The minimum atomic E-state index is 0.479. The Balaban J connectivity index is 3.58. The van der Waals surface area contributed by atoms with Gasteiger partial charge < -0.3 is 5.32 Å². The molecule has 56 valence electrons. The fourth-order valence-electron chi connectivity index (χ4n) is 0.681. The second-order valence-electron chi connectivity index (χ2n) is 2.68. The Morgan fingerprint density at radius 1 is 1.22 bits per heavy atom. The molecule has 9 heavy (non-hydrogen) atoms. The van der Waals surface area contributed by atoms with Crippen molar-refractivity contribution in [3.63, 3.8) is 0 Å². The number of hydrogen-bond acceptors (Lipinski definition) is 2. The normalized spacial score (nSPS) is 21.0. The Bertz CT molecular complexity index is 73.3. The fourth-order valence-corrected chi connectivity index (χ4v) is 0.939. The zero-order valence-electron chi connectivity index (χ0n) is 6.68.